The van der Waals surface area contributed by atoms with Crippen LogP contribution in [0.1, 0.15) is 12.0 Å². The number of benzene rings is 1. The first kappa shape index (κ1) is 17.3. The van der Waals surface area contributed by atoms with E-state index < -0.39 is 10.0 Å². The number of hydrogen-bond acceptors (Lipinski definition) is 5. The largest absolute Gasteiger partial charge is 0.496 e. The molecule has 0 fully saturated rings. The van der Waals surface area contributed by atoms with Crippen LogP contribution in [0.3, 0.4) is 0 Å². The molecule has 0 aliphatic heterocycles. The minimum atomic E-state index is -3.08. The van der Waals surface area contributed by atoms with Crippen molar-refractivity contribution in [3.63, 3.8) is 0 Å². The number of rotatable bonds is 9. The average Bonchev–Trinajstić information content (AvgIpc) is 2.41. The van der Waals surface area contributed by atoms with Crippen LogP contribution in [-0.2, 0) is 16.6 Å². The Morgan fingerprint density at radius 2 is 2.05 bits per heavy atom. The quantitative estimate of drug-likeness (QED) is 0.533. The standard InChI is InChI=1S/C13H22N2O3S2/c1-18-12-9-11(5-6-13(12)19-2)10-14-7-4-8-15-20(3,16)17/h5-6,9,14-15H,4,7-8,10H2,1-3H3. The third-order valence-electron chi connectivity index (χ3n) is 2.67. The molecule has 1 aromatic rings. The molecule has 20 heavy (non-hydrogen) atoms. The van der Waals surface area contributed by atoms with Crippen molar-refractivity contribution in [3.8, 4) is 5.75 Å². The van der Waals surface area contributed by atoms with Crippen LogP contribution < -0.4 is 14.8 Å². The van der Waals surface area contributed by atoms with Gasteiger partial charge in [-0.1, -0.05) is 6.07 Å². The second-order valence-electron chi connectivity index (χ2n) is 4.39. The zero-order chi connectivity index (χ0) is 15.0. The van der Waals surface area contributed by atoms with Crippen molar-refractivity contribution < 1.29 is 13.2 Å². The molecule has 0 atom stereocenters. The molecule has 0 spiro atoms. The van der Waals surface area contributed by atoms with Gasteiger partial charge in [-0.15, -0.1) is 11.8 Å². The molecule has 1 rings (SSSR count). The fraction of sp³-hybridized carbons (Fsp3) is 0.538. The van der Waals surface area contributed by atoms with Gasteiger partial charge in [-0.2, -0.15) is 0 Å². The Kier molecular flexibility index (Phi) is 7.36. The van der Waals surface area contributed by atoms with Gasteiger partial charge in [0, 0.05) is 18.0 Å². The fourth-order valence-electron chi connectivity index (χ4n) is 1.69. The maximum atomic E-state index is 10.9. The Bertz CT molecular complexity index is 518. The van der Waals surface area contributed by atoms with Crippen LogP contribution >= 0.6 is 11.8 Å². The van der Waals surface area contributed by atoms with Crippen LogP contribution in [-0.4, -0.2) is 41.1 Å². The summed E-state index contributed by atoms with van der Waals surface area (Å²) >= 11 is 1.66. The van der Waals surface area contributed by atoms with Gasteiger partial charge in [-0.3, -0.25) is 0 Å². The van der Waals surface area contributed by atoms with Gasteiger partial charge in [0.25, 0.3) is 0 Å². The van der Waals surface area contributed by atoms with Crippen LogP contribution in [0.2, 0.25) is 0 Å². The van der Waals surface area contributed by atoms with Crippen LogP contribution in [0.5, 0.6) is 5.75 Å². The molecule has 0 radical (unpaired) electrons. The van der Waals surface area contributed by atoms with Crippen LogP contribution in [0.4, 0.5) is 0 Å². The number of nitrogens with one attached hydrogen (secondary N) is 2. The summed E-state index contributed by atoms with van der Waals surface area (Å²) in [5.74, 6) is 0.885. The molecule has 0 aliphatic rings. The first-order chi connectivity index (χ1) is 9.46. The number of sulfonamides is 1. The highest BCUT2D eigenvalue weighted by molar-refractivity contribution is 7.98. The van der Waals surface area contributed by atoms with Crippen LogP contribution in [0.15, 0.2) is 23.1 Å². The first-order valence-electron chi connectivity index (χ1n) is 6.32. The maximum absolute atomic E-state index is 10.9. The van der Waals surface area contributed by atoms with Gasteiger partial charge in [0.05, 0.1) is 13.4 Å². The molecule has 1 aromatic carbocycles. The SMILES string of the molecule is COc1cc(CNCCCNS(C)(=O)=O)ccc1SC. The monoisotopic (exact) mass is 318 g/mol. The molecule has 0 amide bonds. The molecule has 0 heterocycles. The van der Waals surface area contributed by atoms with Crippen LogP contribution in [0.25, 0.3) is 0 Å². The van der Waals surface area contributed by atoms with Crippen molar-refractivity contribution in [2.75, 3.05) is 32.7 Å². The zero-order valence-electron chi connectivity index (χ0n) is 12.1. The summed E-state index contributed by atoms with van der Waals surface area (Å²) in [5.41, 5.74) is 1.15. The van der Waals surface area contributed by atoms with Gasteiger partial charge in [0.1, 0.15) is 5.75 Å². The average molecular weight is 318 g/mol. The summed E-state index contributed by atoms with van der Waals surface area (Å²) in [6.45, 7) is 1.96. The van der Waals surface area contributed by atoms with Gasteiger partial charge in [0.15, 0.2) is 0 Å². The van der Waals surface area contributed by atoms with E-state index >= 15 is 0 Å². The summed E-state index contributed by atoms with van der Waals surface area (Å²) in [4.78, 5) is 1.12. The lowest BCUT2D eigenvalue weighted by Crippen LogP contribution is -2.26. The molecule has 0 bridgehead atoms. The van der Waals surface area contributed by atoms with E-state index in [0.29, 0.717) is 6.54 Å². The molecule has 0 aromatic heterocycles. The molecule has 5 nitrogen and oxygen atoms in total. The van der Waals surface area contributed by atoms with Crippen molar-refractivity contribution in [2.24, 2.45) is 0 Å². The summed E-state index contributed by atoms with van der Waals surface area (Å²) in [6.07, 6.45) is 3.94. The highest BCUT2D eigenvalue weighted by atomic mass is 32.2. The summed E-state index contributed by atoms with van der Waals surface area (Å²) in [6, 6.07) is 6.13. The predicted molar refractivity (Wildman–Crippen MR) is 83.9 cm³/mol. The van der Waals surface area contributed by atoms with Crippen LogP contribution in [0, 0.1) is 0 Å². The molecule has 2 N–H and O–H groups in total. The van der Waals surface area contributed by atoms with Gasteiger partial charge in [-0.25, -0.2) is 13.1 Å². The van der Waals surface area contributed by atoms with Gasteiger partial charge >= 0.3 is 0 Å². The van der Waals surface area contributed by atoms with Crippen molar-refractivity contribution >= 4 is 21.8 Å². The topological polar surface area (TPSA) is 67.4 Å². The summed E-state index contributed by atoms with van der Waals surface area (Å²) < 4.78 is 29.5. The van der Waals surface area contributed by atoms with E-state index in [2.05, 4.69) is 16.1 Å². The van der Waals surface area contributed by atoms with Crippen molar-refractivity contribution in [1.29, 1.82) is 0 Å². The first-order valence-corrected chi connectivity index (χ1v) is 9.44. The molecule has 0 saturated heterocycles. The van der Waals surface area contributed by atoms with Gasteiger partial charge in [0.2, 0.25) is 10.0 Å². The molecular formula is C13H22N2O3S2. The Morgan fingerprint density at radius 3 is 2.65 bits per heavy atom. The minimum Gasteiger partial charge on any atom is -0.496 e. The molecule has 0 aliphatic carbocycles. The summed E-state index contributed by atoms with van der Waals surface area (Å²) in [7, 11) is -1.41. The lowest BCUT2D eigenvalue weighted by Gasteiger charge is -2.10. The lowest BCUT2D eigenvalue weighted by molar-refractivity contribution is 0.404. The Morgan fingerprint density at radius 1 is 1.30 bits per heavy atom. The second kappa shape index (κ2) is 8.51. The normalized spacial score (nSPS) is 11.6. The highest BCUT2D eigenvalue weighted by Crippen LogP contribution is 2.28. The van der Waals surface area contributed by atoms with E-state index in [0.717, 1.165) is 35.7 Å². The molecule has 0 saturated carbocycles. The minimum absolute atomic E-state index is 0.459. The smallest absolute Gasteiger partial charge is 0.208 e. The molecule has 7 heteroatoms. The Balaban J connectivity index is 2.32. The third kappa shape index (κ3) is 6.60. The highest BCUT2D eigenvalue weighted by Gasteiger charge is 2.03. The van der Waals surface area contributed by atoms with E-state index in [1.54, 1.807) is 18.9 Å². The lowest BCUT2D eigenvalue weighted by atomic mass is 10.2. The van der Waals surface area contributed by atoms with E-state index in [1.807, 2.05) is 18.4 Å². The maximum Gasteiger partial charge on any atom is 0.208 e. The number of methoxy groups -OCH3 is 1. The molecular weight excluding hydrogens is 296 g/mol. The van der Waals surface area contributed by atoms with Crippen molar-refractivity contribution in [2.45, 2.75) is 17.9 Å². The van der Waals surface area contributed by atoms with E-state index in [1.165, 1.54) is 6.26 Å². The number of thioether (sulfide) groups is 1. The zero-order valence-corrected chi connectivity index (χ0v) is 13.7. The molecule has 114 valence electrons. The third-order valence-corrected chi connectivity index (χ3v) is 4.18. The summed E-state index contributed by atoms with van der Waals surface area (Å²) in [5, 5.41) is 3.28. The van der Waals surface area contributed by atoms with Crippen molar-refractivity contribution in [1.82, 2.24) is 10.0 Å². The van der Waals surface area contributed by atoms with Gasteiger partial charge < -0.3 is 10.1 Å². The van der Waals surface area contributed by atoms with E-state index in [9.17, 15) is 8.42 Å². The van der Waals surface area contributed by atoms with Crippen molar-refractivity contribution in [3.05, 3.63) is 23.8 Å². The predicted octanol–water partition coefficient (Wildman–Crippen LogP) is 1.45. The van der Waals surface area contributed by atoms with Gasteiger partial charge in [-0.05, 0) is 36.9 Å². The Hall–Kier alpha value is -0.760. The molecule has 0 unspecified atom stereocenters. The number of ether oxygens (including phenoxy) is 1. The fourth-order valence-corrected chi connectivity index (χ4v) is 2.76. The Labute approximate surface area is 125 Å². The van der Waals surface area contributed by atoms with E-state index in [4.69, 9.17) is 4.74 Å². The van der Waals surface area contributed by atoms with E-state index in [-0.39, 0.29) is 0 Å². The number of hydrogen-bond donors (Lipinski definition) is 2. The second-order valence-corrected chi connectivity index (χ2v) is 7.07.